The molecule has 0 heterocycles. The molecule has 3 nitrogen and oxygen atoms in total. The molecule has 0 bridgehead atoms. The van der Waals surface area contributed by atoms with Gasteiger partial charge in [-0.1, -0.05) is 24.4 Å². The van der Waals surface area contributed by atoms with Gasteiger partial charge in [0, 0.05) is 10.1 Å². The van der Waals surface area contributed by atoms with Crippen LogP contribution in [0.5, 0.6) is 0 Å². The molecule has 1 amide bonds. The Hall–Kier alpha value is -0.690. The first-order chi connectivity index (χ1) is 7.56. The second-order valence-corrected chi connectivity index (χ2v) is 4.95. The molecule has 0 aliphatic rings. The predicted octanol–water partition coefficient (Wildman–Crippen LogP) is 2.04. The van der Waals surface area contributed by atoms with Crippen LogP contribution in [0, 0.1) is 3.57 Å². The number of hydrogen-bond donors (Lipinski definition) is 1. The van der Waals surface area contributed by atoms with E-state index < -0.39 is 0 Å². The Morgan fingerprint density at radius 1 is 1.50 bits per heavy atom. The maximum Gasteiger partial charge on any atom is 0.255 e. The third-order valence-corrected chi connectivity index (χ3v) is 3.19. The lowest BCUT2D eigenvalue weighted by Gasteiger charge is -2.20. The second kappa shape index (κ2) is 6.15. The van der Waals surface area contributed by atoms with E-state index in [1.165, 1.54) is 0 Å². The van der Waals surface area contributed by atoms with Gasteiger partial charge in [0.25, 0.3) is 5.91 Å². The highest BCUT2D eigenvalue weighted by atomic mass is 127. The Bertz CT molecular complexity index is 409. The maximum atomic E-state index is 12.1. The summed E-state index contributed by atoms with van der Waals surface area (Å²) in [6.45, 7) is 2.84. The monoisotopic (exact) mass is 348 g/mol. The summed E-state index contributed by atoms with van der Waals surface area (Å²) in [6, 6.07) is 7.47. The van der Waals surface area contributed by atoms with Crippen LogP contribution >= 0.6 is 34.8 Å². The summed E-state index contributed by atoms with van der Waals surface area (Å²) in [5, 5.41) is 0. The second-order valence-electron chi connectivity index (χ2n) is 3.27. The molecule has 0 aliphatic heterocycles. The number of thiocarbonyl (C=S) groups is 1. The van der Waals surface area contributed by atoms with E-state index >= 15 is 0 Å². The van der Waals surface area contributed by atoms with Crippen molar-refractivity contribution in [1.82, 2.24) is 4.90 Å². The molecule has 0 aromatic heterocycles. The standard InChI is InChI=1S/C11H13IN2OS/c1-2-14(7-10(13)16)11(15)8-5-3-4-6-9(8)12/h3-6H,2,7H2,1H3,(H2,13,16). The lowest BCUT2D eigenvalue weighted by atomic mass is 10.2. The number of likely N-dealkylation sites (N-methyl/N-ethyl adjacent to an activating group) is 1. The van der Waals surface area contributed by atoms with Crippen molar-refractivity contribution in [2.24, 2.45) is 5.73 Å². The fourth-order valence-electron chi connectivity index (χ4n) is 1.32. The highest BCUT2D eigenvalue weighted by molar-refractivity contribution is 14.1. The summed E-state index contributed by atoms with van der Waals surface area (Å²) < 4.78 is 0.937. The topological polar surface area (TPSA) is 46.3 Å². The molecular weight excluding hydrogens is 335 g/mol. The molecule has 0 atom stereocenters. The zero-order valence-electron chi connectivity index (χ0n) is 8.94. The summed E-state index contributed by atoms with van der Waals surface area (Å²) in [6.07, 6.45) is 0. The van der Waals surface area contributed by atoms with Gasteiger partial charge in [-0.3, -0.25) is 4.79 Å². The largest absolute Gasteiger partial charge is 0.392 e. The lowest BCUT2D eigenvalue weighted by molar-refractivity contribution is 0.0787. The third kappa shape index (κ3) is 3.41. The lowest BCUT2D eigenvalue weighted by Crippen LogP contribution is -2.37. The number of hydrogen-bond acceptors (Lipinski definition) is 2. The summed E-state index contributed by atoms with van der Waals surface area (Å²) >= 11 is 6.97. The van der Waals surface area contributed by atoms with Crippen molar-refractivity contribution < 1.29 is 4.79 Å². The van der Waals surface area contributed by atoms with Crippen LogP contribution < -0.4 is 5.73 Å². The number of nitrogens with zero attached hydrogens (tertiary/aromatic N) is 1. The SMILES string of the molecule is CCN(CC(N)=S)C(=O)c1ccccc1I. The molecule has 0 saturated carbocycles. The zero-order valence-corrected chi connectivity index (χ0v) is 11.9. The summed E-state index contributed by atoms with van der Waals surface area (Å²) in [7, 11) is 0. The molecule has 1 rings (SSSR count). The van der Waals surface area contributed by atoms with E-state index in [1.54, 1.807) is 4.90 Å². The Balaban J connectivity index is 2.91. The Kier molecular flexibility index (Phi) is 5.14. The van der Waals surface area contributed by atoms with E-state index in [0.29, 0.717) is 23.6 Å². The van der Waals surface area contributed by atoms with Crippen LogP contribution in [0.1, 0.15) is 17.3 Å². The van der Waals surface area contributed by atoms with E-state index in [2.05, 4.69) is 22.6 Å². The minimum atomic E-state index is -0.0275. The molecule has 86 valence electrons. The van der Waals surface area contributed by atoms with Crippen molar-refractivity contribution in [2.45, 2.75) is 6.92 Å². The predicted molar refractivity (Wildman–Crippen MR) is 77.5 cm³/mol. The molecule has 0 fully saturated rings. The average molecular weight is 348 g/mol. The Labute approximate surface area is 114 Å². The number of halogens is 1. The molecule has 0 spiro atoms. The molecule has 16 heavy (non-hydrogen) atoms. The average Bonchev–Trinajstić information content (AvgIpc) is 2.25. The van der Waals surface area contributed by atoms with Gasteiger partial charge < -0.3 is 10.6 Å². The molecule has 0 unspecified atom stereocenters. The van der Waals surface area contributed by atoms with Gasteiger partial charge in [0.15, 0.2) is 0 Å². The highest BCUT2D eigenvalue weighted by Crippen LogP contribution is 2.13. The molecule has 0 saturated heterocycles. The van der Waals surface area contributed by atoms with Crippen LogP contribution in [0.4, 0.5) is 0 Å². The van der Waals surface area contributed by atoms with Crippen LogP contribution in [0.2, 0.25) is 0 Å². The molecule has 5 heteroatoms. The normalized spacial score (nSPS) is 9.88. The fourth-order valence-corrected chi connectivity index (χ4v) is 2.09. The first kappa shape index (κ1) is 13.4. The maximum absolute atomic E-state index is 12.1. The zero-order chi connectivity index (χ0) is 12.1. The first-order valence-corrected chi connectivity index (χ1v) is 6.37. The van der Waals surface area contributed by atoms with Gasteiger partial charge in [0.2, 0.25) is 0 Å². The van der Waals surface area contributed by atoms with Gasteiger partial charge in [0.05, 0.1) is 17.1 Å². The first-order valence-electron chi connectivity index (χ1n) is 4.88. The van der Waals surface area contributed by atoms with Gasteiger partial charge in [-0.05, 0) is 41.6 Å². The van der Waals surface area contributed by atoms with E-state index in [1.807, 2.05) is 31.2 Å². The number of benzene rings is 1. The molecule has 2 N–H and O–H groups in total. The molecule has 0 aliphatic carbocycles. The summed E-state index contributed by atoms with van der Waals surface area (Å²) in [4.78, 5) is 14.1. The van der Waals surface area contributed by atoms with Gasteiger partial charge in [-0.2, -0.15) is 0 Å². The van der Waals surface area contributed by atoms with Crippen molar-refractivity contribution in [2.75, 3.05) is 13.1 Å². The molecular formula is C11H13IN2OS. The van der Waals surface area contributed by atoms with Crippen molar-refractivity contribution in [3.8, 4) is 0 Å². The van der Waals surface area contributed by atoms with Gasteiger partial charge >= 0.3 is 0 Å². The summed E-state index contributed by atoms with van der Waals surface area (Å²) in [5.74, 6) is -0.0275. The Morgan fingerprint density at radius 3 is 2.62 bits per heavy atom. The molecule has 1 aromatic rings. The number of amides is 1. The minimum Gasteiger partial charge on any atom is -0.392 e. The van der Waals surface area contributed by atoms with Gasteiger partial charge in [-0.15, -0.1) is 0 Å². The van der Waals surface area contributed by atoms with Crippen molar-refractivity contribution in [1.29, 1.82) is 0 Å². The summed E-state index contributed by atoms with van der Waals surface area (Å²) in [5.41, 5.74) is 6.15. The van der Waals surface area contributed by atoms with Crippen LogP contribution in [0.3, 0.4) is 0 Å². The number of nitrogens with two attached hydrogens (primary N) is 1. The minimum absolute atomic E-state index is 0.0275. The number of rotatable bonds is 4. The van der Waals surface area contributed by atoms with E-state index in [4.69, 9.17) is 18.0 Å². The van der Waals surface area contributed by atoms with Gasteiger partial charge in [0.1, 0.15) is 0 Å². The molecule has 1 aromatic carbocycles. The van der Waals surface area contributed by atoms with Crippen molar-refractivity contribution in [3.63, 3.8) is 0 Å². The van der Waals surface area contributed by atoms with Gasteiger partial charge in [-0.25, -0.2) is 0 Å². The van der Waals surface area contributed by atoms with E-state index in [9.17, 15) is 4.79 Å². The van der Waals surface area contributed by atoms with Crippen LogP contribution in [-0.4, -0.2) is 28.9 Å². The third-order valence-electron chi connectivity index (χ3n) is 2.12. The number of carbonyl (C=O) groups is 1. The fraction of sp³-hybridized carbons (Fsp3) is 0.273. The number of carbonyl (C=O) groups excluding carboxylic acids is 1. The van der Waals surface area contributed by atoms with Crippen LogP contribution in [-0.2, 0) is 0 Å². The smallest absolute Gasteiger partial charge is 0.255 e. The van der Waals surface area contributed by atoms with Crippen molar-refractivity contribution >= 4 is 45.7 Å². The molecule has 0 radical (unpaired) electrons. The van der Waals surface area contributed by atoms with Crippen molar-refractivity contribution in [3.05, 3.63) is 33.4 Å². The van der Waals surface area contributed by atoms with E-state index in [0.717, 1.165) is 3.57 Å². The van der Waals surface area contributed by atoms with Crippen LogP contribution in [0.25, 0.3) is 0 Å². The highest BCUT2D eigenvalue weighted by Gasteiger charge is 2.16. The van der Waals surface area contributed by atoms with Crippen LogP contribution in [0.15, 0.2) is 24.3 Å². The van der Waals surface area contributed by atoms with E-state index in [-0.39, 0.29) is 5.91 Å². The Morgan fingerprint density at radius 2 is 2.12 bits per heavy atom. The quantitative estimate of drug-likeness (QED) is 0.669.